The van der Waals surface area contributed by atoms with Crippen molar-refractivity contribution in [3.05, 3.63) is 35.2 Å². The lowest BCUT2D eigenvalue weighted by Gasteiger charge is -1.97. The molecule has 2 N–H and O–H groups in total. The summed E-state index contributed by atoms with van der Waals surface area (Å²) >= 11 is 5.96. The van der Waals surface area contributed by atoms with E-state index in [1.54, 1.807) is 10.9 Å². The zero-order valence-corrected chi connectivity index (χ0v) is 11.5. The van der Waals surface area contributed by atoms with Crippen LogP contribution in [0.25, 0.3) is 23.0 Å². The van der Waals surface area contributed by atoms with Gasteiger partial charge in [0.1, 0.15) is 5.82 Å². The number of hydrogen-bond acceptors (Lipinski definition) is 6. The van der Waals surface area contributed by atoms with E-state index in [4.69, 9.17) is 21.9 Å². The van der Waals surface area contributed by atoms with Crippen molar-refractivity contribution in [3.8, 4) is 23.0 Å². The average molecular weight is 309 g/mol. The Bertz CT molecular complexity index is 771. The van der Waals surface area contributed by atoms with Crippen LogP contribution in [0.4, 0.5) is 4.39 Å². The van der Waals surface area contributed by atoms with Gasteiger partial charge in [-0.3, -0.25) is 4.68 Å². The lowest BCUT2D eigenvalue weighted by atomic mass is 10.2. The summed E-state index contributed by atoms with van der Waals surface area (Å²) < 4.78 is 19.7. The zero-order chi connectivity index (χ0) is 14.8. The van der Waals surface area contributed by atoms with Crippen molar-refractivity contribution in [2.45, 2.75) is 6.54 Å². The van der Waals surface area contributed by atoms with Gasteiger partial charge in [-0.1, -0.05) is 22.0 Å². The van der Waals surface area contributed by atoms with Gasteiger partial charge in [0.25, 0.3) is 5.89 Å². The Morgan fingerprint density at radius 3 is 3.00 bits per heavy atom. The van der Waals surface area contributed by atoms with Gasteiger partial charge in [0.05, 0.1) is 17.8 Å². The highest BCUT2D eigenvalue weighted by atomic mass is 35.5. The molecule has 9 heteroatoms. The molecular weight excluding hydrogens is 299 g/mol. The molecule has 0 fully saturated rings. The second-order valence-electron chi connectivity index (χ2n) is 4.20. The van der Waals surface area contributed by atoms with Crippen molar-refractivity contribution in [2.75, 3.05) is 6.54 Å². The third-order valence-electron chi connectivity index (χ3n) is 2.71. The Hall–Kier alpha value is -2.32. The van der Waals surface area contributed by atoms with E-state index in [2.05, 4.69) is 20.5 Å². The third-order valence-corrected chi connectivity index (χ3v) is 3.03. The number of nitrogens with two attached hydrogens (primary N) is 1. The molecule has 0 aliphatic rings. The molecule has 2 heterocycles. The van der Waals surface area contributed by atoms with Gasteiger partial charge in [-0.25, -0.2) is 4.39 Å². The summed E-state index contributed by atoms with van der Waals surface area (Å²) in [5, 5.41) is 11.8. The van der Waals surface area contributed by atoms with E-state index in [9.17, 15) is 4.39 Å². The number of nitrogens with zero attached hydrogens (tertiary/aromatic N) is 5. The second-order valence-corrected chi connectivity index (χ2v) is 4.61. The van der Waals surface area contributed by atoms with E-state index in [-0.39, 0.29) is 16.7 Å². The van der Waals surface area contributed by atoms with Gasteiger partial charge in [-0.15, -0.1) is 5.10 Å². The molecule has 0 amide bonds. The first-order valence-electron chi connectivity index (χ1n) is 6.07. The lowest BCUT2D eigenvalue weighted by Crippen LogP contribution is -2.10. The molecule has 0 radical (unpaired) electrons. The molecule has 3 rings (SSSR count). The van der Waals surface area contributed by atoms with Crippen LogP contribution < -0.4 is 5.73 Å². The molecule has 0 atom stereocenters. The molecule has 0 aliphatic carbocycles. The molecular formula is C12H10ClFN6O. The molecule has 21 heavy (non-hydrogen) atoms. The first-order valence-corrected chi connectivity index (χ1v) is 6.45. The summed E-state index contributed by atoms with van der Waals surface area (Å²) in [6.07, 6.45) is 1.65. The minimum absolute atomic E-state index is 0.202. The van der Waals surface area contributed by atoms with Crippen LogP contribution in [0.1, 0.15) is 0 Å². The fraction of sp³-hybridized carbons (Fsp3) is 0.167. The largest absolute Gasteiger partial charge is 0.332 e. The normalized spacial score (nSPS) is 11.0. The summed E-state index contributed by atoms with van der Waals surface area (Å²) in [4.78, 5) is 4.18. The van der Waals surface area contributed by atoms with Crippen LogP contribution in [0, 0.1) is 5.82 Å². The van der Waals surface area contributed by atoms with Gasteiger partial charge in [-0.05, 0) is 18.2 Å². The molecule has 1 aromatic carbocycles. The maximum absolute atomic E-state index is 13.0. The van der Waals surface area contributed by atoms with Crippen molar-refractivity contribution in [1.82, 2.24) is 25.1 Å². The van der Waals surface area contributed by atoms with Gasteiger partial charge < -0.3 is 10.3 Å². The molecule has 108 valence electrons. The van der Waals surface area contributed by atoms with E-state index in [0.717, 1.165) is 0 Å². The highest BCUT2D eigenvalue weighted by Crippen LogP contribution is 2.27. The highest BCUT2D eigenvalue weighted by molar-refractivity contribution is 6.33. The monoisotopic (exact) mass is 308 g/mol. The average Bonchev–Trinajstić information content (AvgIpc) is 3.08. The Labute approximate surface area is 123 Å². The number of hydrogen-bond donors (Lipinski definition) is 1. The summed E-state index contributed by atoms with van der Waals surface area (Å²) in [6.45, 7) is 0.987. The van der Waals surface area contributed by atoms with Gasteiger partial charge >= 0.3 is 0 Å². The number of benzene rings is 1. The topological polar surface area (TPSA) is 95.7 Å². The molecule has 3 aromatic rings. The fourth-order valence-corrected chi connectivity index (χ4v) is 2.00. The standard InChI is InChI=1S/C12H10ClFN6O/c13-9-5-7(14)1-2-8(9)11-16-12(21-18-11)10-6-20(4-3-15)19-17-10/h1-2,5-6H,3-4,15H2. The van der Waals surface area contributed by atoms with E-state index in [1.807, 2.05) is 0 Å². The van der Waals surface area contributed by atoms with Crippen LogP contribution in [0.5, 0.6) is 0 Å². The molecule has 0 saturated carbocycles. The van der Waals surface area contributed by atoms with E-state index < -0.39 is 5.82 Å². The van der Waals surface area contributed by atoms with E-state index in [1.165, 1.54) is 18.2 Å². The van der Waals surface area contributed by atoms with Gasteiger partial charge in [0.15, 0.2) is 5.69 Å². The first kappa shape index (κ1) is 13.7. The van der Waals surface area contributed by atoms with Crippen LogP contribution in [-0.2, 0) is 6.54 Å². The number of aromatic nitrogens is 5. The van der Waals surface area contributed by atoms with Crippen molar-refractivity contribution >= 4 is 11.6 Å². The maximum atomic E-state index is 13.0. The second kappa shape index (κ2) is 5.58. The van der Waals surface area contributed by atoms with Crippen molar-refractivity contribution in [3.63, 3.8) is 0 Å². The summed E-state index contributed by atoms with van der Waals surface area (Å²) in [6, 6.07) is 3.94. The zero-order valence-electron chi connectivity index (χ0n) is 10.7. The van der Waals surface area contributed by atoms with E-state index >= 15 is 0 Å². The minimum atomic E-state index is -0.433. The SMILES string of the molecule is NCCn1cc(-c2nc(-c3ccc(F)cc3Cl)no2)nn1. The maximum Gasteiger partial charge on any atom is 0.280 e. The van der Waals surface area contributed by atoms with E-state index in [0.29, 0.717) is 24.3 Å². The Kier molecular flexibility index (Phi) is 3.63. The predicted molar refractivity (Wildman–Crippen MR) is 72.8 cm³/mol. The number of halogens is 2. The Morgan fingerprint density at radius 2 is 2.24 bits per heavy atom. The lowest BCUT2D eigenvalue weighted by molar-refractivity contribution is 0.431. The Morgan fingerprint density at radius 1 is 1.38 bits per heavy atom. The summed E-state index contributed by atoms with van der Waals surface area (Å²) in [7, 11) is 0. The van der Waals surface area contributed by atoms with Gasteiger partial charge in [-0.2, -0.15) is 4.98 Å². The van der Waals surface area contributed by atoms with Gasteiger partial charge in [0.2, 0.25) is 5.82 Å². The molecule has 0 saturated heterocycles. The fourth-order valence-electron chi connectivity index (χ4n) is 1.75. The first-order chi connectivity index (χ1) is 10.2. The van der Waals surface area contributed by atoms with Crippen LogP contribution in [0.15, 0.2) is 28.9 Å². The predicted octanol–water partition coefficient (Wildman–Crippen LogP) is 1.75. The molecule has 0 aliphatic heterocycles. The van der Waals surface area contributed by atoms with Crippen LogP contribution in [0.2, 0.25) is 5.02 Å². The van der Waals surface area contributed by atoms with Crippen LogP contribution in [-0.4, -0.2) is 31.7 Å². The van der Waals surface area contributed by atoms with Gasteiger partial charge in [0, 0.05) is 12.1 Å². The van der Waals surface area contributed by atoms with Crippen molar-refractivity contribution in [1.29, 1.82) is 0 Å². The summed E-state index contributed by atoms with van der Waals surface area (Å²) in [5.41, 5.74) is 6.34. The smallest absolute Gasteiger partial charge is 0.280 e. The summed E-state index contributed by atoms with van der Waals surface area (Å²) in [5.74, 6) is 0.0224. The van der Waals surface area contributed by atoms with Crippen molar-refractivity contribution < 1.29 is 8.91 Å². The van der Waals surface area contributed by atoms with Crippen molar-refractivity contribution in [2.24, 2.45) is 5.73 Å². The van der Waals surface area contributed by atoms with Crippen LogP contribution in [0.3, 0.4) is 0 Å². The number of rotatable bonds is 4. The minimum Gasteiger partial charge on any atom is -0.332 e. The van der Waals surface area contributed by atoms with Crippen LogP contribution >= 0.6 is 11.6 Å². The quantitative estimate of drug-likeness (QED) is 0.788. The Balaban J connectivity index is 1.91. The third kappa shape index (κ3) is 2.76. The molecule has 0 unspecified atom stereocenters. The molecule has 0 spiro atoms. The highest BCUT2D eigenvalue weighted by Gasteiger charge is 2.16. The molecule has 2 aromatic heterocycles. The molecule has 7 nitrogen and oxygen atoms in total. The molecule has 0 bridgehead atoms.